The SMILES string of the molecule is FC(F)(F)c1ccc(N=C2S/C(=C3\N=C(c4ccccc4)C(=Nc4ccc(C(F)(F)F)cc4)S3)N=C2c2ccccc2)cc1. The monoisotopic (exact) mass is 636 g/mol. The van der Waals surface area contributed by atoms with Crippen LogP contribution in [-0.4, -0.2) is 21.5 Å². The fraction of sp³-hybridized carbons (Fsp3) is 0.0625. The average molecular weight is 637 g/mol. The number of alkyl halides is 6. The molecule has 2 heterocycles. The van der Waals surface area contributed by atoms with Gasteiger partial charge in [0.25, 0.3) is 0 Å². The third-order valence-electron chi connectivity index (χ3n) is 6.35. The second kappa shape index (κ2) is 11.9. The third-order valence-corrected chi connectivity index (χ3v) is 8.39. The highest BCUT2D eigenvalue weighted by Crippen LogP contribution is 2.43. The quantitative estimate of drug-likeness (QED) is 0.209. The van der Waals surface area contributed by atoms with Gasteiger partial charge in [-0.25, -0.2) is 20.0 Å². The van der Waals surface area contributed by atoms with Crippen LogP contribution in [0, 0.1) is 0 Å². The number of hydrogen-bond acceptors (Lipinski definition) is 6. The third kappa shape index (κ3) is 6.56. The number of aliphatic imine (C=N–C) groups is 4. The Labute approximate surface area is 256 Å². The van der Waals surface area contributed by atoms with Gasteiger partial charge in [0.05, 0.1) is 22.5 Å². The Kier molecular flexibility index (Phi) is 8.04. The molecule has 0 radical (unpaired) electrons. The minimum atomic E-state index is -4.46. The number of hydrogen-bond donors (Lipinski definition) is 0. The van der Waals surface area contributed by atoms with Crippen molar-refractivity contribution < 1.29 is 26.3 Å². The van der Waals surface area contributed by atoms with Crippen molar-refractivity contribution in [3.8, 4) is 0 Å². The molecule has 4 aromatic rings. The summed E-state index contributed by atoms with van der Waals surface area (Å²) in [6.45, 7) is 0. The van der Waals surface area contributed by atoms with E-state index in [9.17, 15) is 26.3 Å². The molecule has 220 valence electrons. The summed E-state index contributed by atoms with van der Waals surface area (Å²) in [7, 11) is 0. The predicted octanol–water partition coefficient (Wildman–Crippen LogP) is 10.1. The molecule has 4 nitrogen and oxygen atoms in total. The topological polar surface area (TPSA) is 49.4 Å². The largest absolute Gasteiger partial charge is 0.416 e. The summed E-state index contributed by atoms with van der Waals surface area (Å²) in [6, 6.07) is 27.6. The first-order chi connectivity index (χ1) is 21.0. The Morgan fingerprint density at radius 1 is 0.455 bits per heavy atom. The Balaban J connectivity index is 1.41. The molecule has 44 heavy (non-hydrogen) atoms. The van der Waals surface area contributed by atoms with Crippen LogP contribution in [0.15, 0.2) is 139 Å². The van der Waals surface area contributed by atoms with Gasteiger partial charge in [-0.1, -0.05) is 60.7 Å². The van der Waals surface area contributed by atoms with Gasteiger partial charge in [-0.15, -0.1) is 0 Å². The van der Waals surface area contributed by atoms with Gasteiger partial charge in [0.2, 0.25) is 0 Å². The van der Waals surface area contributed by atoms with Crippen LogP contribution in [0.25, 0.3) is 0 Å². The molecule has 0 unspecified atom stereocenters. The van der Waals surface area contributed by atoms with Gasteiger partial charge in [0.1, 0.15) is 31.6 Å². The van der Waals surface area contributed by atoms with Crippen LogP contribution in [0.3, 0.4) is 0 Å². The number of thioether (sulfide) groups is 2. The normalized spacial score (nSPS) is 19.0. The first-order valence-electron chi connectivity index (χ1n) is 13.0. The highest BCUT2D eigenvalue weighted by atomic mass is 32.2. The van der Waals surface area contributed by atoms with Gasteiger partial charge in [0.15, 0.2) is 0 Å². The summed E-state index contributed by atoms with van der Waals surface area (Å²) in [6.07, 6.45) is -8.92. The van der Waals surface area contributed by atoms with Crippen molar-refractivity contribution >= 4 is 56.4 Å². The van der Waals surface area contributed by atoms with Gasteiger partial charge in [0, 0.05) is 11.1 Å². The molecule has 0 bridgehead atoms. The molecule has 12 heteroatoms. The molecule has 0 saturated carbocycles. The van der Waals surface area contributed by atoms with Crippen molar-refractivity contribution in [3.63, 3.8) is 0 Å². The van der Waals surface area contributed by atoms with E-state index in [4.69, 9.17) is 9.98 Å². The lowest BCUT2D eigenvalue weighted by molar-refractivity contribution is -0.138. The van der Waals surface area contributed by atoms with E-state index >= 15 is 0 Å². The van der Waals surface area contributed by atoms with Gasteiger partial charge in [-0.2, -0.15) is 26.3 Å². The Morgan fingerprint density at radius 3 is 1.11 bits per heavy atom. The summed E-state index contributed by atoms with van der Waals surface area (Å²) < 4.78 is 78.5. The summed E-state index contributed by atoms with van der Waals surface area (Å²) >= 11 is 2.44. The molecular weight excluding hydrogens is 619 g/mol. The predicted molar refractivity (Wildman–Crippen MR) is 165 cm³/mol. The van der Waals surface area contributed by atoms with Crippen LogP contribution in [0.5, 0.6) is 0 Å². The molecule has 0 spiro atoms. The van der Waals surface area contributed by atoms with E-state index in [0.717, 1.165) is 35.4 Å². The van der Waals surface area contributed by atoms with Gasteiger partial charge in [-0.3, -0.25) is 0 Å². The standard InChI is InChI=1S/C32H18F6N4S2/c33-31(34,35)21-11-15-23(16-12-21)39-27-25(19-7-3-1-4-8-19)41-29(43-27)30-42-26(20-9-5-2-6-10-20)28(44-30)40-24-17-13-22(14-18-24)32(36,37)38/h1-18H/b30-29+,39-27?,40-28?. The molecule has 0 aliphatic carbocycles. The van der Waals surface area contributed by atoms with Crippen molar-refractivity contribution in [2.45, 2.75) is 12.4 Å². The summed E-state index contributed by atoms with van der Waals surface area (Å²) in [5, 5.41) is 1.96. The van der Waals surface area contributed by atoms with Gasteiger partial charge >= 0.3 is 12.4 Å². The first kappa shape index (κ1) is 29.6. The molecule has 0 atom stereocenters. The van der Waals surface area contributed by atoms with Crippen LogP contribution in [-0.2, 0) is 12.4 Å². The second-order valence-electron chi connectivity index (χ2n) is 9.39. The van der Waals surface area contributed by atoms with E-state index in [1.165, 1.54) is 47.8 Å². The van der Waals surface area contributed by atoms with Gasteiger partial charge in [-0.05, 0) is 72.1 Å². The number of rotatable bonds is 4. The van der Waals surface area contributed by atoms with Crippen LogP contribution >= 0.6 is 23.5 Å². The van der Waals surface area contributed by atoms with E-state index in [1.54, 1.807) is 0 Å². The molecule has 0 aromatic heterocycles. The summed E-state index contributed by atoms with van der Waals surface area (Å²) in [5.74, 6) is 0. The summed E-state index contributed by atoms with van der Waals surface area (Å²) in [5.41, 5.74) is 1.69. The van der Waals surface area contributed by atoms with Crippen molar-refractivity contribution in [1.82, 2.24) is 0 Å². The highest BCUT2D eigenvalue weighted by Gasteiger charge is 2.33. The van der Waals surface area contributed by atoms with Crippen LogP contribution in [0.1, 0.15) is 22.3 Å². The van der Waals surface area contributed by atoms with Crippen molar-refractivity contribution in [2.24, 2.45) is 20.0 Å². The van der Waals surface area contributed by atoms with E-state index in [-0.39, 0.29) is 0 Å². The lowest BCUT2D eigenvalue weighted by atomic mass is 10.1. The second-order valence-corrected chi connectivity index (χ2v) is 11.3. The lowest BCUT2D eigenvalue weighted by Crippen LogP contribution is -2.07. The maximum atomic E-state index is 13.1. The van der Waals surface area contributed by atoms with Crippen LogP contribution < -0.4 is 0 Å². The van der Waals surface area contributed by atoms with Crippen molar-refractivity contribution in [3.05, 3.63) is 142 Å². The van der Waals surface area contributed by atoms with E-state index in [1.807, 2.05) is 60.7 Å². The molecule has 2 aliphatic heterocycles. The number of halogens is 6. The highest BCUT2D eigenvalue weighted by molar-refractivity contribution is 8.22. The van der Waals surface area contributed by atoms with Crippen LogP contribution in [0.2, 0.25) is 0 Å². The Bertz CT molecular complexity index is 1700. The van der Waals surface area contributed by atoms with Crippen molar-refractivity contribution in [2.75, 3.05) is 0 Å². The molecule has 6 rings (SSSR count). The molecule has 2 aliphatic rings. The Morgan fingerprint density at radius 2 is 0.795 bits per heavy atom. The smallest absolute Gasteiger partial charge is 0.239 e. The van der Waals surface area contributed by atoms with E-state index in [2.05, 4.69) is 9.98 Å². The van der Waals surface area contributed by atoms with E-state index in [0.29, 0.717) is 42.9 Å². The zero-order chi connectivity index (χ0) is 30.9. The molecule has 0 fully saturated rings. The lowest BCUT2D eigenvalue weighted by Gasteiger charge is -2.06. The number of benzene rings is 4. The van der Waals surface area contributed by atoms with Crippen molar-refractivity contribution in [1.29, 1.82) is 0 Å². The minimum Gasteiger partial charge on any atom is -0.239 e. The molecular formula is C32H18F6N4S2. The van der Waals surface area contributed by atoms with E-state index < -0.39 is 23.5 Å². The maximum Gasteiger partial charge on any atom is 0.416 e. The zero-order valence-corrected chi connectivity index (χ0v) is 23.9. The molecule has 0 N–H and O–H groups in total. The fourth-order valence-corrected chi connectivity index (χ4v) is 6.19. The summed E-state index contributed by atoms with van der Waals surface area (Å²) in [4.78, 5) is 18.9. The average Bonchev–Trinajstić information content (AvgIpc) is 3.62. The molecule has 0 amide bonds. The number of nitrogens with zero attached hydrogens (tertiary/aromatic N) is 4. The minimum absolute atomic E-state index is 0.326. The Hall–Kier alpha value is -4.42. The fourth-order valence-electron chi connectivity index (χ4n) is 4.21. The molecule has 4 aromatic carbocycles. The van der Waals surface area contributed by atoms with Gasteiger partial charge < -0.3 is 0 Å². The first-order valence-corrected chi connectivity index (χ1v) is 14.6. The molecule has 0 saturated heterocycles. The zero-order valence-electron chi connectivity index (χ0n) is 22.3. The van der Waals surface area contributed by atoms with Crippen LogP contribution in [0.4, 0.5) is 37.7 Å². The maximum absolute atomic E-state index is 13.1.